The predicted octanol–water partition coefficient (Wildman–Crippen LogP) is 2.48. The second kappa shape index (κ2) is 6.95. The van der Waals surface area contributed by atoms with Crippen LogP contribution in [0, 0.1) is 0 Å². The largest absolute Gasteiger partial charge is 0.463 e. The molecule has 16 heavy (non-hydrogen) atoms. The Morgan fingerprint density at radius 2 is 2.38 bits per heavy atom. The van der Waals surface area contributed by atoms with Gasteiger partial charge in [-0.05, 0) is 25.1 Å². The Morgan fingerprint density at radius 3 is 3.06 bits per heavy atom. The summed E-state index contributed by atoms with van der Waals surface area (Å²) in [5, 5.41) is 0. The molecule has 0 unspecified atom stereocenters. The minimum atomic E-state index is -0.296. The molecule has 0 heterocycles. The summed E-state index contributed by atoms with van der Waals surface area (Å²) in [5.74, 6) is 0.429. The Bertz CT molecular complexity index is 377. The molecular weight excluding hydrogens is 222 g/mol. The molecule has 2 N–H and O–H groups in total. The minimum absolute atomic E-state index is 0.296. The summed E-state index contributed by atoms with van der Waals surface area (Å²) in [6.07, 6.45) is 3.23. The molecule has 0 aliphatic carbocycles. The molecule has 0 saturated heterocycles. The number of carbonyl (C=O) groups excluding carboxylic acids is 1. The zero-order valence-electron chi connectivity index (χ0n) is 9.18. The minimum Gasteiger partial charge on any atom is -0.463 e. The van der Waals surface area contributed by atoms with E-state index in [1.165, 1.54) is 6.08 Å². The summed E-state index contributed by atoms with van der Waals surface area (Å²) in [5.41, 5.74) is 6.39. The Labute approximate surface area is 99.7 Å². The van der Waals surface area contributed by atoms with Crippen molar-refractivity contribution in [1.29, 1.82) is 0 Å². The van der Waals surface area contributed by atoms with Crippen molar-refractivity contribution < 1.29 is 9.53 Å². The van der Waals surface area contributed by atoms with Gasteiger partial charge in [-0.3, -0.25) is 0 Å². The molecule has 0 bridgehead atoms. The number of benzene rings is 1. The molecule has 0 aromatic heterocycles. The highest BCUT2D eigenvalue weighted by atomic mass is 32.2. The lowest BCUT2D eigenvalue weighted by Crippen LogP contribution is -1.98. The van der Waals surface area contributed by atoms with E-state index < -0.39 is 0 Å². The average Bonchev–Trinajstić information content (AvgIpc) is 2.25. The number of ether oxygens (including phenoxy) is 1. The molecule has 0 fully saturated rings. The fraction of sp³-hybridized carbons (Fsp3) is 0.250. The first-order valence-electron chi connectivity index (χ1n) is 5.04. The normalized spacial score (nSPS) is 10.6. The van der Waals surface area contributed by atoms with Crippen LogP contribution in [0.3, 0.4) is 0 Å². The van der Waals surface area contributed by atoms with Gasteiger partial charge in [0.15, 0.2) is 0 Å². The Morgan fingerprint density at radius 1 is 1.56 bits per heavy atom. The van der Waals surface area contributed by atoms with Crippen molar-refractivity contribution in [3.63, 3.8) is 0 Å². The van der Waals surface area contributed by atoms with E-state index in [1.807, 2.05) is 24.3 Å². The zero-order valence-corrected chi connectivity index (χ0v) is 10.00. The maximum Gasteiger partial charge on any atom is 0.330 e. The van der Waals surface area contributed by atoms with Crippen molar-refractivity contribution in [2.24, 2.45) is 0 Å². The van der Waals surface area contributed by atoms with Crippen LogP contribution in [0.25, 0.3) is 0 Å². The summed E-state index contributed by atoms with van der Waals surface area (Å²) >= 11 is 1.62. The summed E-state index contributed by atoms with van der Waals surface area (Å²) < 4.78 is 4.76. The van der Waals surface area contributed by atoms with E-state index in [0.29, 0.717) is 6.61 Å². The third-order valence-corrected chi connectivity index (χ3v) is 2.69. The number of carbonyl (C=O) groups is 1. The first-order chi connectivity index (χ1) is 7.72. The molecule has 1 aromatic rings. The Balaban J connectivity index is 2.33. The predicted molar refractivity (Wildman–Crippen MR) is 67.4 cm³/mol. The summed E-state index contributed by atoms with van der Waals surface area (Å²) in [7, 11) is 0. The lowest BCUT2D eigenvalue weighted by Gasteiger charge is -1.99. The summed E-state index contributed by atoms with van der Waals surface area (Å²) in [6.45, 7) is 2.19. The fourth-order valence-corrected chi connectivity index (χ4v) is 1.86. The van der Waals surface area contributed by atoms with Gasteiger partial charge in [0.1, 0.15) is 0 Å². The van der Waals surface area contributed by atoms with E-state index in [9.17, 15) is 4.79 Å². The number of nitrogens with two attached hydrogens (primary N) is 1. The maximum atomic E-state index is 11.0. The number of esters is 1. The van der Waals surface area contributed by atoms with Gasteiger partial charge in [0.2, 0.25) is 0 Å². The van der Waals surface area contributed by atoms with E-state index in [0.717, 1.165) is 16.3 Å². The van der Waals surface area contributed by atoms with Gasteiger partial charge in [-0.2, -0.15) is 0 Å². The lowest BCUT2D eigenvalue weighted by atomic mass is 10.3. The third kappa shape index (κ3) is 4.89. The van der Waals surface area contributed by atoms with E-state index >= 15 is 0 Å². The van der Waals surface area contributed by atoms with Crippen LogP contribution >= 0.6 is 11.8 Å². The van der Waals surface area contributed by atoms with E-state index in [-0.39, 0.29) is 5.97 Å². The zero-order chi connectivity index (χ0) is 11.8. The molecule has 1 aromatic carbocycles. The number of thioether (sulfide) groups is 1. The maximum absolute atomic E-state index is 11.0. The van der Waals surface area contributed by atoms with Gasteiger partial charge in [-0.1, -0.05) is 12.1 Å². The van der Waals surface area contributed by atoms with Gasteiger partial charge in [0.25, 0.3) is 0 Å². The Kier molecular flexibility index (Phi) is 5.50. The molecule has 0 spiro atoms. The molecule has 0 aliphatic heterocycles. The van der Waals surface area contributed by atoms with Crippen molar-refractivity contribution in [3.8, 4) is 0 Å². The van der Waals surface area contributed by atoms with Crippen molar-refractivity contribution in [2.75, 3.05) is 18.1 Å². The van der Waals surface area contributed by atoms with Crippen LogP contribution in [0.2, 0.25) is 0 Å². The smallest absolute Gasteiger partial charge is 0.330 e. The van der Waals surface area contributed by atoms with Crippen LogP contribution in [0.15, 0.2) is 41.3 Å². The molecule has 1 rings (SSSR count). The van der Waals surface area contributed by atoms with Crippen LogP contribution in [0.5, 0.6) is 0 Å². The van der Waals surface area contributed by atoms with Crippen molar-refractivity contribution in [1.82, 2.24) is 0 Å². The monoisotopic (exact) mass is 237 g/mol. The van der Waals surface area contributed by atoms with E-state index in [2.05, 4.69) is 0 Å². The highest BCUT2D eigenvalue weighted by molar-refractivity contribution is 7.99. The summed E-state index contributed by atoms with van der Waals surface area (Å²) in [4.78, 5) is 12.1. The van der Waals surface area contributed by atoms with Gasteiger partial charge in [0.05, 0.1) is 6.61 Å². The molecule has 0 saturated carbocycles. The first kappa shape index (κ1) is 12.6. The Hall–Kier alpha value is -1.42. The molecule has 0 radical (unpaired) electrons. The number of nitrogen functional groups attached to an aromatic ring is 1. The first-order valence-corrected chi connectivity index (χ1v) is 6.02. The lowest BCUT2D eigenvalue weighted by molar-refractivity contribution is -0.137. The van der Waals surface area contributed by atoms with Crippen LogP contribution in [0.4, 0.5) is 5.69 Å². The molecule has 0 amide bonds. The van der Waals surface area contributed by atoms with Crippen LogP contribution in [0.1, 0.15) is 6.92 Å². The molecular formula is C12H15NO2S. The third-order valence-electron chi connectivity index (χ3n) is 1.74. The highest BCUT2D eigenvalue weighted by Gasteiger charge is 1.94. The van der Waals surface area contributed by atoms with E-state index in [1.54, 1.807) is 24.8 Å². The van der Waals surface area contributed by atoms with Gasteiger partial charge in [-0.25, -0.2) is 4.79 Å². The topological polar surface area (TPSA) is 52.3 Å². The average molecular weight is 237 g/mol. The number of anilines is 1. The van der Waals surface area contributed by atoms with Crippen molar-refractivity contribution in [2.45, 2.75) is 11.8 Å². The summed E-state index contributed by atoms with van der Waals surface area (Å²) in [6, 6.07) is 7.65. The number of hydrogen-bond acceptors (Lipinski definition) is 4. The van der Waals surface area contributed by atoms with E-state index in [4.69, 9.17) is 10.5 Å². The fourth-order valence-electron chi connectivity index (χ4n) is 1.08. The van der Waals surface area contributed by atoms with Crippen LogP contribution < -0.4 is 5.73 Å². The standard InChI is InChI=1S/C12H15NO2S/c1-2-15-12(14)7-4-8-16-11-6-3-5-10(13)9-11/h3-7,9H,2,8,13H2,1H3/b7-4+. The van der Waals surface area contributed by atoms with Crippen LogP contribution in [-0.2, 0) is 9.53 Å². The SMILES string of the molecule is CCOC(=O)/C=C/CSc1cccc(N)c1. The van der Waals surface area contributed by atoms with Gasteiger partial charge in [-0.15, -0.1) is 11.8 Å². The molecule has 86 valence electrons. The van der Waals surface area contributed by atoms with Gasteiger partial charge in [0, 0.05) is 22.4 Å². The molecule has 0 aliphatic rings. The second-order valence-electron chi connectivity index (χ2n) is 3.04. The van der Waals surface area contributed by atoms with Gasteiger partial charge >= 0.3 is 5.97 Å². The van der Waals surface area contributed by atoms with Crippen molar-refractivity contribution in [3.05, 3.63) is 36.4 Å². The molecule has 0 atom stereocenters. The number of hydrogen-bond donors (Lipinski definition) is 1. The van der Waals surface area contributed by atoms with Gasteiger partial charge < -0.3 is 10.5 Å². The van der Waals surface area contributed by atoms with Crippen molar-refractivity contribution >= 4 is 23.4 Å². The quantitative estimate of drug-likeness (QED) is 0.370. The molecule has 3 nitrogen and oxygen atoms in total. The number of rotatable bonds is 5. The highest BCUT2D eigenvalue weighted by Crippen LogP contribution is 2.19. The molecule has 4 heteroatoms. The van der Waals surface area contributed by atoms with Crippen LogP contribution in [-0.4, -0.2) is 18.3 Å². The second-order valence-corrected chi connectivity index (χ2v) is 4.13.